The van der Waals surface area contributed by atoms with E-state index in [1.807, 2.05) is 31.2 Å². The van der Waals surface area contributed by atoms with Crippen LogP contribution in [-0.2, 0) is 0 Å². The highest BCUT2D eigenvalue weighted by Gasteiger charge is 2.16. The molecule has 0 aliphatic carbocycles. The molecule has 25 heavy (non-hydrogen) atoms. The number of nitrogens with one attached hydrogen (secondary N) is 1. The standard InChI is InChI=1S/C18H19N5OS/c1-12-6-5-7-13(10-12)23-11-19-15-14(17(23)25)16(24)21-18(20-15)22-8-3-2-4-9-22/h5-7,10-11H,2-4,8-9H2,1H3,(H,20,21,24). The quantitative estimate of drug-likeness (QED) is 0.717. The van der Waals surface area contributed by atoms with E-state index in [9.17, 15) is 4.79 Å². The molecule has 3 heterocycles. The molecule has 0 bridgehead atoms. The van der Waals surface area contributed by atoms with Crippen molar-refractivity contribution in [2.24, 2.45) is 0 Å². The minimum Gasteiger partial charge on any atom is -0.342 e. The summed E-state index contributed by atoms with van der Waals surface area (Å²) >= 11 is 5.56. The lowest BCUT2D eigenvalue weighted by atomic mass is 10.1. The van der Waals surface area contributed by atoms with Crippen LogP contribution in [0, 0.1) is 11.6 Å². The normalized spacial score (nSPS) is 14.8. The summed E-state index contributed by atoms with van der Waals surface area (Å²) in [5.74, 6) is 0.590. The Hall–Kier alpha value is -2.54. The highest BCUT2D eigenvalue weighted by atomic mass is 32.1. The minimum absolute atomic E-state index is 0.231. The summed E-state index contributed by atoms with van der Waals surface area (Å²) < 4.78 is 2.18. The number of aryl methyl sites for hydroxylation is 1. The van der Waals surface area contributed by atoms with Gasteiger partial charge in [-0.15, -0.1) is 0 Å². The first-order valence-electron chi connectivity index (χ1n) is 8.47. The number of piperidine rings is 1. The minimum atomic E-state index is -0.231. The number of anilines is 1. The van der Waals surface area contributed by atoms with Gasteiger partial charge in [-0.3, -0.25) is 14.3 Å². The van der Waals surface area contributed by atoms with Crippen LogP contribution in [0.3, 0.4) is 0 Å². The van der Waals surface area contributed by atoms with Crippen LogP contribution in [0.2, 0.25) is 0 Å². The van der Waals surface area contributed by atoms with Crippen LogP contribution < -0.4 is 10.5 Å². The van der Waals surface area contributed by atoms with Crippen LogP contribution in [-0.4, -0.2) is 32.6 Å². The first-order valence-corrected chi connectivity index (χ1v) is 8.88. The number of fused-ring (bicyclic) bond motifs is 1. The van der Waals surface area contributed by atoms with Crippen molar-refractivity contribution < 1.29 is 0 Å². The number of aromatic amines is 1. The number of nitrogens with zero attached hydrogens (tertiary/aromatic N) is 4. The van der Waals surface area contributed by atoms with Gasteiger partial charge in [0.05, 0.1) is 0 Å². The van der Waals surface area contributed by atoms with Crippen LogP contribution in [0.4, 0.5) is 5.95 Å². The average molecular weight is 353 g/mol. The van der Waals surface area contributed by atoms with E-state index in [0.29, 0.717) is 21.6 Å². The van der Waals surface area contributed by atoms with Crippen molar-refractivity contribution in [3.8, 4) is 5.69 Å². The molecule has 2 aromatic heterocycles. The lowest BCUT2D eigenvalue weighted by Gasteiger charge is -2.26. The van der Waals surface area contributed by atoms with Gasteiger partial charge in [-0.2, -0.15) is 4.98 Å². The lowest BCUT2D eigenvalue weighted by molar-refractivity contribution is 0.568. The molecule has 0 saturated carbocycles. The molecule has 0 spiro atoms. The smallest absolute Gasteiger partial charge is 0.264 e. The van der Waals surface area contributed by atoms with Crippen LogP contribution in [0.5, 0.6) is 0 Å². The Morgan fingerprint density at radius 2 is 2.00 bits per heavy atom. The van der Waals surface area contributed by atoms with E-state index < -0.39 is 0 Å². The zero-order valence-corrected chi connectivity index (χ0v) is 14.8. The van der Waals surface area contributed by atoms with Gasteiger partial charge in [0, 0.05) is 18.8 Å². The summed E-state index contributed by atoms with van der Waals surface area (Å²) in [6.45, 7) is 3.83. The molecule has 1 saturated heterocycles. The maximum atomic E-state index is 12.7. The predicted molar refractivity (Wildman–Crippen MR) is 101 cm³/mol. The molecule has 1 aliphatic heterocycles. The average Bonchev–Trinajstić information content (AvgIpc) is 2.62. The highest BCUT2D eigenvalue weighted by Crippen LogP contribution is 2.18. The van der Waals surface area contributed by atoms with E-state index in [2.05, 4.69) is 19.9 Å². The summed E-state index contributed by atoms with van der Waals surface area (Å²) in [5.41, 5.74) is 2.18. The van der Waals surface area contributed by atoms with Crippen LogP contribution in [0.1, 0.15) is 24.8 Å². The molecule has 1 fully saturated rings. The SMILES string of the molecule is Cc1cccc(-n2cnc3nc(N4CCCCC4)[nH]c(=O)c3c2=S)c1. The third-order valence-corrected chi connectivity index (χ3v) is 4.95. The number of hydrogen-bond acceptors (Lipinski definition) is 5. The summed E-state index contributed by atoms with van der Waals surface area (Å²) in [7, 11) is 0. The molecule has 0 atom stereocenters. The number of H-pyrrole nitrogens is 1. The summed E-state index contributed by atoms with van der Waals surface area (Å²) in [5, 5.41) is 0.361. The molecule has 1 aromatic carbocycles. The van der Waals surface area contributed by atoms with Crippen molar-refractivity contribution in [1.29, 1.82) is 0 Å². The molecule has 128 valence electrons. The molecular weight excluding hydrogens is 334 g/mol. The molecule has 4 rings (SSSR count). The number of benzene rings is 1. The van der Waals surface area contributed by atoms with Gasteiger partial charge in [0.2, 0.25) is 5.95 Å². The Balaban J connectivity index is 1.86. The molecule has 0 unspecified atom stereocenters. The van der Waals surface area contributed by atoms with Crippen molar-refractivity contribution in [2.45, 2.75) is 26.2 Å². The van der Waals surface area contributed by atoms with E-state index in [1.54, 1.807) is 10.9 Å². The number of rotatable bonds is 2. The monoisotopic (exact) mass is 353 g/mol. The summed E-state index contributed by atoms with van der Waals surface area (Å²) in [4.78, 5) is 26.6. The molecule has 1 N–H and O–H groups in total. The Labute approximate surface area is 150 Å². The van der Waals surface area contributed by atoms with E-state index in [1.165, 1.54) is 6.42 Å². The van der Waals surface area contributed by atoms with E-state index in [-0.39, 0.29) is 5.56 Å². The van der Waals surface area contributed by atoms with Crippen molar-refractivity contribution in [3.05, 3.63) is 51.2 Å². The zero-order valence-electron chi connectivity index (χ0n) is 14.0. The topological polar surface area (TPSA) is 66.8 Å². The maximum absolute atomic E-state index is 12.7. The molecule has 6 nitrogen and oxygen atoms in total. The fourth-order valence-electron chi connectivity index (χ4n) is 3.24. The van der Waals surface area contributed by atoms with Gasteiger partial charge in [-0.1, -0.05) is 24.4 Å². The Morgan fingerprint density at radius 3 is 2.76 bits per heavy atom. The molecule has 7 heteroatoms. The molecule has 0 amide bonds. The zero-order chi connectivity index (χ0) is 17.4. The fraction of sp³-hybridized carbons (Fsp3) is 0.333. The summed E-state index contributed by atoms with van der Waals surface area (Å²) in [6.07, 6.45) is 5.10. The van der Waals surface area contributed by atoms with Crippen LogP contribution in [0.15, 0.2) is 35.4 Å². The van der Waals surface area contributed by atoms with Gasteiger partial charge in [0.15, 0.2) is 5.65 Å². The first kappa shape index (κ1) is 16.0. The van der Waals surface area contributed by atoms with Gasteiger partial charge in [0.25, 0.3) is 5.56 Å². The van der Waals surface area contributed by atoms with E-state index >= 15 is 0 Å². The van der Waals surface area contributed by atoms with Crippen molar-refractivity contribution >= 4 is 29.2 Å². The lowest BCUT2D eigenvalue weighted by Crippen LogP contribution is -2.32. The maximum Gasteiger partial charge on any atom is 0.264 e. The van der Waals surface area contributed by atoms with Crippen molar-refractivity contribution in [3.63, 3.8) is 0 Å². The number of aromatic nitrogens is 4. The molecule has 3 aromatic rings. The molecule has 1 aliphatic rings. The van der Waals surface area contributed by atoms with Crippen LogP contribution in [0.25, 0.3) is 16.7 Å². The van der Waals surface area contributed by atoms with E-state index in [0.717, 1.165) is 37.2 Å². The van der Waals surface area contributed by atoms with Gasteiger partial charge in [-0.25, -0.2) is 4.98 Å². The third-order valence-electron chi connectivity index (χ3n) is 4.55. The number of hydrogen-bond donors (Lipinski definition) is 1. The Bertz CT molecular complexity index is 1050. The van der Waals surface area contributed by atoms with Gasteiger partial charge in [-0.05, 0) is 43.9 Å². The van der Waals surface area contributed by atoms with Crippen LogP contribution >= 0.6 is 12.2 Å². The molecular formula is C18H19N5OS. The summed E-state index contributed by atoms with van der Waals surface area (Å²) in [6, 6.07) is 7.92. The van der Waals surface area contributed by atoms with Gasteiger partial charge < -0.3 is 4.90 Å². The van der Waals surface area contributed by atoms with Crippen molar-refractivity contribution in [2.75, 3.05) is 18.0 Å². The fourth-order valence-corrected chi connectivity index (χ4v) is 3.57. The second-order valence-electron chi connectivity index (χ2n) is 6.39. The predicted octanol–water partition coefficient (Wildman–Crippen LogP) is 3.14. The van der Waals surface area contributed by atoms with Gasteiger partial charge >= 0.3 is 0 Å². The van der Waals surface area contributed by atoms with Gasteiger partial charge in [0.1, 0.15) is 16.4 Å². The highest BCUT2D eigenvalue weighted by molar-refractivity contribution is 7.71. The second-order valence-corrected chi connectivity index (χ2v) is 6.78. The Morgan fingerprint density at radius 1 is 1.20 bits per heavy atom. The third kappa shape index (κ3) is 2.95. The van der Waals surface area contributed by atoms with E-state index in [4.69, 9.17) is 12.2 Å². The Kier molecular flexibility index (Phi) is 4.09. The first-order chi connectivity index (χ1) is 12.1. The van der Waals surface area contributed by atoms with Crippen molar-refractivity contribution in [1.82, 2.24) is 19.5 Å². The second kappa shape index (κ2) is 6.40. The molecule has 0 radical (unpaired) electrons. The largest absolute Gasteiger partial charge is 0.342 e.